The van der Waals surface area contributed by atoms with Crippen molar-refractivity contribution in [2.24, 2.45) is 0 Å². The lowest BCUT2D eigenvalue weighted by Crippen LogP contribution is -2.11. The second-order valence-corrected chi connectivity index (χ2v) is 8.22. The van der Waals surface area contributed by atoms with E-state index in [1.54, 1.807) is 6.07 Å². The monoisotopic (exact) mass is 462 g/mol. The molecule has 0 amide bonds. The molecule has 0 aromatic heterocycles. The number of rotatable bonds is 3. The smallest absolute Gasteiger partial charge is 0.416 e. The quantitative estimate of drug-likeness (QED) is 0.286. The second-order valence-electron chi connectivity index (χ2n) is 6.34. The molecule has 2 aromatic rings. The van der Waals surface area contributed by atoms with Crippen molar-refractivity contribution in [1.29, 1.82) is 0 Å². The summed E-state index contributed by atoms with van der Waals surface area (Å²) in [5, 5.41) is 0. The first-order valence-electron chi connectivity index (χ1n) is 8.32. The number of carbonyl (C=O) groups excluding carboxylic acids is 1. The van der Waals surface area contributed by atoms with Crippen molar-refractivity contribution in [3.8, 4) is 16.9 Å². The molecule has 1 aliphatic rings. The summed E-state index contributed by atoms with van der Waals surface area (Å²) in [6.45, 7) is 0. The van der Waals surface area contributed by atoms with Crippen LogP contribution in [0, 0.1) is 0 Å². The molecule has 0 spiro atoms. The maximum absolute atomic E-state index is 13.2. The van der Waals surface area contributed by atoms with Gasteiger partial charge in [-0.15, -0.1) is 0 Å². The number of methoxy groups -OCH3 is 1. The van der Waals surface area contributed by atoms with E-state index in [0.717, 1.165) is 11.8 Å². The molecular weight excluding hydrogens is 450 g/mol. The van der Waals surface area contributed by atoms with E-state index in [1.165, 1.54) is 25.3 Å². The third-order valence-corrected chi connectivity index (χ3v) is 5.56. The Labute approximate surface area is 176 Å². The molecule has 158 valence electrons. The van der Waals surface area contributed by atoms with Crippen molar-refractivity contribution in [2.45, 2.75) is 18.8 Å². The molecule has 10 heteroatoms. The third-order valence-electron chi connectivity index (χ3n) is 4.22. The zero-order chi connectivity index (χ0) is 22.3. The van der Waals surface area contributed by atoms with Gasteiger partial charge in [0.05, 0.1) is 33.8 Å². The minimum Gasteiger partial charge on any atom is -0.496 e. The van der Waals surface area contributed by atoms with Crippen molar-refractivity contribution in [1.82, 2.24) is 0 Å². The Bertz CT molecular complexity index is 1020. The molecule has 1 fully saturated rings. The number of allylic oxidation sites excluding steroid dienone is 1. The van der Waals surface area contributed by atoms with E-state index in [9.17, 15) is 31.1 Å². The van der Waals surface area contributed by atoms with E-state index in [-0.39, 0.29) is 35.1 Å². The van der Waals surface area contributed by atoms with Gasteiger partial charge in [-0.25, -0.2) is 0 Å². The SMILES string of the molecule is COc1ccc(/C=C2\SC(=S)CC2=O)cc1-c1cc(C(F)(F)F)cc(C(F)(F)F)c1. The fraction of sp³-hybridized carbons (Fsp3) is 0.200. The number of thiocarbonyl (C=S) groups is 1. The predicted octanol–water partition coefficient (Wildman–Crippen LogP) is 6.77. The number of Topliss-reactive ketones (excluding diaryl/α,β-unsaturated/α-hetero) is 1. The molecule has 1 saturated heterocycles. The van der Waals surface area contributed by atoms with E-state index in [0.29, 0.717) is 26.8 Å². The number of halogens is 6. The standard InChI is InChI=1S/C20H12F6O2S2/c1-28-16-3-2-10(5-17-15(27)9-18(29)30-17)4-14(16)11-6-12(19(21,22)23)8-13(7-11)20(24,25)26/h2-8H,9H2,1H3/b17-5-. The number of hydrogen-bond donors (Lipinski definition) is 0. The first-order valence-corrected chi connectivity index (χ1v) is 9.54. The van der Waals surface area contributed by atoms with Crippen molar-refractivity contribution >= 4 is 40.0 Å². The van der Waals surface area contributed by atoms with Gasteiger partial charge < -0.3 is 4.74 Å². The van der Waals surface area contributed by atoms with Crippen LogP contribution in [-0.4, -0.2) is 17.1 Å². The Hall–Kier alpha value is -2.33. The largest absolute Gasteiger partial charge is 0.496 e. The zero-order valence-corrected chi connectivity index (χ0v) is 16.8. The molecule has 0 atom stereocenters. The van der Waals surface area contributed by atoms with E-state index in [1.807, 2.05) is 0 Å². The van der Waals surface area contributed by atoms with Gasteiger partial charge in [0.1, 0.15) is 5.75 Å². The molecule has 2 nitrogen and oxygen atoms in total. The fourth-order valence-corrected chi connectivity index (χ4v) is 4.08. The van der Waals surface area contributed by atoms with Gasteiger partial charge in [0.15, 0.2) is 5.78 Å². The maximum atomic E-state index is 13.2. The molecule has 0 aliphatic carbocycles. The number of thioether (sulfide) groups is 1. The lowest BCUT2D eigenvalue weighted by molar-refractivity contribution is -0.143. The zero-order valence-electron chi connectivity index (χ0n) is 15.1. The number of carbonyl (C=O) groups is 1. The van der Waals surface area contributed by atoms with Crippen LogP contribution in [0.2, 0.25) is 0 Å². The number of benzene rings is 2. The predicted molar refractivity (Wildman–Crippen MR) is 106 cm³/mol. The van der Waals surface area contributed by atoms with Crippen LogP contribution >= 0.6 is 24.0 Å². The summed E-state index contributed by atoms with van der Waals surface area (Å²) in [7, 11) is 1.25. The summed E-state index contributed by atoms with van der Waals surface area (Å²) in [5.41, 5.74) is -2.72. The van der Waals surface area contributed by atoms with Gasteiger partial charge in [0, 0.05) is 5.56 Å². The van der Waals surface area contributed by atoms with Gasteiger partial charge in [0.25, 0.3) is 0 Å². The first-order chi connectivity index (χ1) is 13.9. The maximum Gasteiger partial charge on any atom is 0.416 e. The first kappa shape index (κ1) is 22.4. The van der Waals surface area contributed by atoms with Crippen LogP contribution < -0.4 is 4.74 Å². The summed E-state index contributed by atoms with van der Waals surface area (Å²) >= 11 is 6.10. The Morgan fingerprint density at radius 1 is 1.00 bits per heavy atom. The Morgan fingerprint density at radius 2 is 1.60 bits per heavy atom. The Balaban J connectivity index is 2.18. The third kappa shape index (κ3) is 4.86. The van der Waals surface area contributed by atoms with E-state index >= 15 is 0 Å². The van der Waals surface area contributed by atoms with Gasteiger partial charge in [-0.3, -0.25) is 4.79 Å². The van der Waals surface area contributed by atoms with Crippen molar-refractivity contribution in [3.63, 3.8) is 0 Å². The molecule has 0 radical (unpaired) electrons. The minimum absolute atomic E-state index is 0.0291. The van der Waals surface area contributed by atoms with Gasteiger partial charge in [0.2, 0.25) is 0 Å². The molecule has 0 saturated carbocycles. The molecule has 1 aliphatic heterocycles. The van der Waals surface area contributed by atoms with Crippen LogP contribution in [0.3, 0.4) is 0 Å². The van der Waals surface area contributed by atoms with Gasteiger partial charge in [-0.2, -0.15) is 26.3 Å². The van der Waals surface area contributed by atoms with Crippen molar-refractivity contribution in [2.75, 3.05) is 7.11 Å². The summed E-state index contributed by atoms with van der Waals surface area (Å²) in [5.74, 6) is -0.105. The summed E-state index contributed by atoms with van der Waals surface area (Å²) in [4.78, 5) is 12.3. The van der Waals surface area contributed by atoms with Crippen molar-refractivity contribution in [3.05, 3.63) is 58.0 Å². The van der Waals surface area contributed by atoms with E-state index in [4.69, 9.17) is 17.0 Å². The van der Waals surface area contributed by atoms with Gasteiger partial charge >= 0.3 is 12.4 Å². The van der Waals surface area contributed by atoms with Crippen molar-refractivity contribution < 1.29 is 35.9 Å². The molecule has 2 aromatic carbocycles. The average Bonchev–Trinajstić information content (AvgIpc) is 2.96. The normalized spacial score (nSPS) is 16.4. The topological polar surface area (TPSA) is 26.3 Å². The summed E-state index contributed by atoms with van der Waals surface area (Å²) < 4.78 is 84.9. The summed E-state index contributed by atoms with van der Waals surface area (Å²) in [6, 6.07) is 5.66. The van der Waals surface area contributed by atoms with Gasteiger partial charge in [-0.05, 0) is 47.5 Å². The highest BCUT2D eigenvalue weighted by Gasteiger charge is 2.37. The highest BCUT2D eigenvalue weighted by atomic mass is 32.2. The van der Waals surface area contributed by atoms with Crippen LogP contribution in [0.4, 0.5) is 26.3 Å². The van der Waals surface area contributed by atoms with E-state index in [2.05, 4.69) is 0 Å². The number of ether oxygens (including phenoxy) is 1. The molecule has 0 N–H and O–H groups in total. The molecule has 1 heterocycles. The van der Waals surface area contributed by atoms with Gasteiger partial charge in [-0.1, -0.05) is 30.0 Å². The number of alkyl halides is 6. The van der Waals surface area contributed by atoms with Crippen LogP contribution in [0.1, 0.15) is 23.1 Å². The fourth-order valence-electron chi connectivity index (χ4n) is 2.85. The minimum atomic E-state index is -4.97. The Morgan fingerprint density at radius 3 is 2.07 bits per heavy atom. The molecule has 0 bridgehead atoms. The molecule has 30 heavy (non-hydrogen) atoms. The molecule has 0 unspecified atom stereocenters. The van der Waals surface area contributed by atoms with Crippen LogP contribution in [0.15, 0.2) is 41.3 Å². The molecular formula is C20H12F6O2S2. The molecule has 3 rings (SSSR count). The Kier molecular flexibility index (Phi) is 6.01. The average molecular weight is 462 g/mol. The highest BCUT2D eigenvalue weighted by Crippen LogP contribution is 2.41. The van der Waals surface area contributed by atoms with Crippen LogP contribution in [-0.2, 0) is 17.1 Å². The highest BCUT2D eigenvalue weighted by molar-refractivity contribution is 8.27. The number of ketones is 1. The lowest BCUT2D eigenvalue weighted by Gasteiger charge is -2.16. The summed E-state index contributed by atoms with van der Waals surface area (Å²) in [6.07, 6.45) is -8.33. The van der Waals surface area contributed by atoms with Crippen LogP contribution in [0.25, 0.3) is 17.2 Å². The second kappa shape index (κ2) is 8.07. The van der Waals surface area contributed by atoms with E-state index < -0.39 is 23.5 Å². The lowest BCUT2D eigenvalue weighted by atomic mass is 9.96. The van der Waals surface area contributed by atoms with Crippen LogP contribution in [0.5, 0.6) is 5.75 Å². The number of hydrogen-bond acceptors (Lipinski definition) is 4.